The van der Waals surface area contributed by atoms with Crippen molar-refractivity contribution in [2.45, 2.75) is 12.8 Å². The van der Waals surface area contributed by atoms with Gasteiger partial charge in [0, 0.05) is 20.3 Å². The van der Waals surface area contributed by atoms with Crippen LogP contribution in [0.15, 0.2) is 20.5 Å². The van der Waals surface area contributed by atoms with E-state index in [-0.39, 0.29) is 11.3 Å². The normalized spacial score (nSPS) is 19.0. The Bertz CT molecular complexity index is 715. The SMILES string of the molecule is COCCCN(C)CC1=NC(=O)C2C(=N1)SC(C(=O)OC)=C2CC(=O)OC. The molecule has 0 aromatic rings. The van der Waals surface area contributed by atoms with Gasteiger partial charge in [-0.3, -0.25) is 14.5 Å². The molecule has 0 aliphatic carbocycles. The van der Waals surface area contributed by atoms with Gasteiger partial charge in [0.05, 0.1) is 37.1 Å². The van der Waals surface area contributed by atoms with E-state index < -0.39 is 23.8 Å². The molecule has 1 unspecified atom stereocenters. The zero-order valence-electron chi connectivity index (χ0n) is 15.8. The highest BCUT2D eigenvalue weighted by molar-refractivity contribution is 8.18. The number of fused-ring (bicyclic) bond motifs is 1. The molecular weight excluding hydrogens is 374 g/mol. The molecule has 0 saturated carbocycles. The number of rotatable bonds is 9. The number of hydrogen-bond acceptors (Lipinski definition) is 9. The monoisotopic (exact) mass is 397 g/mol. The second-order valence-corrected chi connectivity index (χ2v) is 7.07. The Balaban J connectivity index is 2.18. The highest BCUT2D eigenvalue weighted by Crippen LogP contribution is 2.42. The summed E-state index contributed by atoms with van der Waals surface area (Å²) < 4.78 is 14.5. The van der Waals surface area contributed by atoms with Gasteiger partial charge in [-0.25, -0.2) is 9.79 Å². The lowest BCUT2D eigenvalue weighted by atomic mass is 9.95. The number of carbonyl (C=O) groups is 3. The summed E-state index contributed by atoms with van der Waals surface area (Å²) in [5, 5.41) is 0.439. The average molecular weight is 397 g/mol. The quantitative estimate of drug-likeness (QED) is 0.412. The fourth-order valence-corrected chi connectivity index (χ4v) is 3.95. The number of nitrogens with zero attached hydrogens (tertiary/aromatic N) is 3. The predicted octanol–water partition coefficient (Wildman–Crippen LogP) is 0.645. The lowest BCUT2D eigenvalue weighted by Crippen LogP contribution is -2.32. The van der Waals surface area contributed by atoms with Crippen molar-refractivity contribution in [3.05, 3.63) is 10.5 Å². The summed E-state index contributed by atoms with van der Waals surface area (Å²) in [7, 11) is 6.03. The van der Waals surface area contributed by atoms with E-state index in [0.29, 0.717) is 29.6 Å². The van der Waals surface area contributed by atoms with E-state index in [1.807, 2.05) is 11.9 Å². The van der Waals surface area contributed by atoms with Crippen LogP contribution in [0.2, 0.25) is 0 Å². The van der Waals surface area contributed by atoms with Crippen LogP contribution in [0.3, 0.4) is 0 Å². The van der Waals surface area contributed by atoms with Gasteiger partial charge >= 0.3 is 11.9 Å². The maximum Gasteiger partial charge on any atom is 0.344 e. The fourth-order valence-electron chi connectivity index (χ4n) is 2.74. The van der Waals surface area contributed by atoms with Crippen molar-refractivity contribution in [3.63, 3.8) is 0 Å². The Morgan fingerprint density at radius 2 is 1.93 bits per heavy atom. The third kappa shape index (κ3) is 5.24. The molecule has 27 heavy (non-hydrogen) atoms. The highest BCUT2D eigenvalue weighted by atomic mass is 32.2. The number of carbonyl (C=O) groups excluding carboxylic acids is 3. The first kappa shape index (κ1) is 21.3. The topological polar surface area (TPSA) is 107 Å². The van der Waals surface area contributed by atoms with E-state index >= 15 is 0 Å². The molecule has 2 aliphatic rings. The van der Waals surface area contributed by atoms with Crippen LogP contribution in [0.1, 0.15) is 12.8 Å². The van der Waals surface area contributed by atoms with E-state index in [2.05, 4.69) is 14.7 Å². The number of methoxy groups -OCH3 is 3. The Labute approximate surface area is 161 Å². The molecule has 148 valence electrons. The van der Waals surface area contributed by atoms with Crippen molar-refractivity contribution in [3.8, 4) is 0 Å². The molecule has 1 amide bonds. The van der Waals surface area contributed by atoms with Crippen molar-refractivity contribution in [2.75, 3.05) is 48.1 Å². The van der Waals surface area contributed by atoms with Gasteiger partial charge in [0.2, 0.25) is 0 Å². The second kappa shape index (κ2) is 9.77. The smallest absolute Gasteiger partial charge is 0.344 e. The minimum atomic E-state index is -0.828. The van der Waals surface area contributed by atoms with Crippen LogP contribution in [-0.2, 0) is 28.6 Å². The van der Waals surface area contributed by atoms with Gasteiger partial charge in [-0.15, -0.1) is 0 Å². The van der Waals surface area contributed by atoms with Gasteiger partial charge in [-0.1, -0.05) is 11.8 Å². The van der Waals surface area contributed by atoms with Crippen LogP contribution in [0.25, 0.3) is 0 Å². The van der Waals surface area contributed by atoms with E-state index in [9.17, 15) is 14.4 Å². The maximum absolute atomic E-state index is 12.6. The summed E-state index contributed by atoms with van der Waals surface area (Å²) in [4.78, 5) is 47.1. The van der Waals surface area contributed by atoms with E-state index in [1.165, 1.54) is 14.2 Å². The Morgan fingerprint density at radius 1 is 1.19 bits per heavy atom. The van der Waals surface area contributed by atoms with Crippen LogP contribution >= 0.6 is 11.8 Å². The minimum absolute atomic E-state index is 0.189. The summed E-state index contributed by atoms with van der Waals surface area (Å²) in [5.74, 6) is -2.05. The number of likely N-dealkylation sites (N-methyl/N-ethyl adjacent to an activating group) is 1. The summed E-state index contributed by atoms with van der Waals surface area (Å²) in [6, 6.07) is 0. The molecule has 0 spiro atoms. The number of amides is 1. The van der Waals surface area contributed by atoms with Crippen LogP contribution in [-0.4, -0.2) is 81.7 Å². The van der Waals surface area contributed by atoms with Gasteiger partial charge in [-0.05, 0) is 19.0 Å². The molecule has 2 aliphatic heterocycles. The van der Waals surface area contributed by atoms with E-state index in [1.54, 1.807) is 7.11 Å². The number of aliphatic imine (C=N–C) groups is 2. The fraction of sp³-hybridized carbons (Fsp3) is 0.588. The highest BCUT2D eigenvalue weighted by Gasteiger charge is 2.43. The standard InChI is InChI=1S/C17H23N3O6S/c1-20(6-5-7-24-2)9-11-18-15(22)13-10(8-12(21)25-3)14(17(23)26-4)27-16(13)19-11/h13H,5-9H2,1-4H3. The third-order valence-corrected chi connectivity index (χ3v) is 5.22. The van der Waals surface area contributed by atoms with Gasteiger partial charge in [0.15, 0.2) is 0 Å². The number of amidine groups is 1. The minimum Gasteiger partial charge on any atom is -0.469 e. The molecule has 0 saturated heterocycles. The Morgan fingerprint density at radius 3 is 2.56 bits per heavy atom. The predicted molar refractivity (Wildman–Crippen MR) is 101 cm³/mol. The Kier molecular flexibility index (Phi) is 7.69. The molecule has 10 heteroatoms. The van der Waals surface area contributed by atoms with Gasteiger partial charge in [0.1, 0.15) is 11.8 Å². The van der Waals surface area contributed by atoms with Crippen molar-refractivity contribution in [2.24, 2.45) is 15.9 Å². The molecule has 0 aromatic heterocycles. The summed E-state index contributed by atoms with van der Waals surface area (Å²) in [6.45, 7) is 1.80. The summed E-state index contributed by atoms with van der Waals surface area (Å²) in [5.41, 5.74) is 0.332. The lowest BCUT2D eigenvalue weighted by Gasteiger charge is -2.20. The van der Waals surface area contributed by atoms with Crippen LogP contribution in [0, 0.1) is 5.92 Å². The van der Waals surface area contributed by atoms with Crippen LogP contribution < -0.4 is 0 Å². The zero-order valence-corrected chi connectivity index (χ0v) is 16.6. The lowest BCUT2D eigenvalue weighted by molar-refractivity contribution is -0.139. The average Bonchev–Trinajstić information content (AvgIpc) is 2.99. The molecule has 2 rings (SSSR count). The first-order valence-corrected chi connectivity index (χ1v) is 9.16. The van der Waals surface area contributed by atoms with Crippen molar-refractivity contribution < 1.29 is 28.6 Å². The molecule has 1 atom stereocenters. The van der Waals surface area contributed by atoms with Crippen molar-refractivity contribution in [1.82, 2.24) is 4.90 Å². The zero-order chi connectivity index (χ0) is 20.0. The van der Waals surface area contributed by atoms with Crippen molar-refractivity contribution >= 4 is 40.5 Å². The number of thioether (sulfide) groups is 1. The summed E-state index contributed by atoms with van der Waals surface area (Å²) in [6.07, 6.45) is 0.657. The molecule has 0 bridgehead atoms. The third-order valence-electron chi connectivity index (χ3n) is 4.05. The molecule has 0 fully saturated rings. The molecule has 9 nitrogen and oxygen atoms in total. The van der Waals surface area contributed by atoms with Crippen LogP contribution in [0.4, 0.5) is 0 Å². The number of esters is 2. The van der Waals surface area contributed by atoms with Gasteiger partial charge in [-0.2, -0.15) is 4.99 Å². The van der Waals surface area contributed by atoms with Crippen LogP contribution in [0.5, 0.6) is 0 Å². The van der Waals surface area contributed by atoms with E-state index in [0.717, 1.165) is 24.7 Å². The molecule has 0 aromatic carbocycles. The first-order chi connectivity index (χ1) is 12.9. The summed E-state index contributed by atoms with van der Waals surface area (Å²) >= 11 is 1.05. The second-order valence-electron chi connectivity index (χ2n) is 6.03. The van der Waals surface area contributed by atoms with Gasteiger partial charge < -0.3 is 14.2 Å². The largest absolute Gasteiger partial charge is 0.469 e. The molecular formula is C17H23N3O6S. The molecule has 0 radical (unpaired) electrons. The number of ether oxygens (including phenoxy) is 3. The number of hydrogen-bond donors (Lipinski definition) is 0. The first-order valence-electron chi connectivity index (χ1n) is 8.34. The molecule has 0 N–H and O–H groups in total. The maximum atomic E-state index is 12.6. The van der Waals surface area contributed by atoms with E-state index in [4.69, 9.17) is 9.47 Å². The Hall–Kier alpha value is -2.04. The van der Waals surface area contributed by atoms with Crippen molar-refractivity contribution in [1.29, 1.82) is 0 Å². The van der Waals surface area contributed by atoms with Gasteiger partial charge in [0.25, 0.3) is 5.91 Å². The molecule has 2 heterocycles.